The molecule has 1 aromatic heterocycles. The molecule has 1 aliphatic heterocycles. The van der Waals surface area contributed by atoms with Crippen molar-refractivity contribution >= 4 is 29.0 Å². The number of carbonyl (C=O) groups excluding carboxylic acids is 2. The van der Waals surface area contributed by atoms with Crippen molar-refractivity contribution in [1.29, 1.82) is 0 Å². The zero-order valence-corrected chi connectivity index (χ0v) is 16.6. The van der Waals surface area contributed by atoms with Gasteiger partial charge in [-0.3, -0.25) is 9.59 Å². The van der Waals surface area contributed by atoms with Gasteiger partial charge < -0.3 is 0 Å². The van der Waals surface area contributed by atoms with E-state index >= 15 is 0 Å². The van der Waals surface area contributed by atoms with Crippen molar-refractivity contribution in [3.05, 3.63) is 102 Å². The number of rotatable bonds is 5. The molecule has 0 unspecified atom stereocenters. The lowest BCUT2D eigenvalue weighted by atomic mass is 10.2. The van der Waals surface area contributed by atoms with E-state index < -0.39 is 0 Å². The largest absolute Gasteiger partial charge is 0.280 e. The maximum Gasteiger partial charge on any atom is 0.280 e. The van der Waals surface area contributed by atoms with Gasteiger partial charge in [-0.1, -0.05) is 78.0 Å². The molecule has 0 spiro atoms. The van der Waals surface area contributed by atoms with Gasteiger partial charge in [-0.25, -0.2) is 14.7 Å². The average molecular weight is 409 g/mol. The number of hydrogen-bond acceptors (Lipinski definition) is 4. The fourth-order valence-electron chi connectivity index (χ4n) is 3.63. The molecule has 1 aliphatic rings. The van der Waals surface area contributed by atoms with E-state index in [1.165, 1.54) is 20.9 Å². The van der Waals surface area contributed by atoms with Crippen LogP contribution in [0.25, 0.3) is 17.2 Å². The molecule has 152 valence electrons. The standard InChI is InChI=1S/C24H19N5O2/c30-23-20(17-27-22-14-8-7-13-21(22)25-26-27)24(31)29(16-19-11-5-2-6-12-19)28(23)15-18-9-3-1-4-10-18/h1-14,17H,15-16H2. The van der Waals surface area contributed by atoms with E-state index in [9.17, 15) is 9.59 Å². The highest BCUT2D eigenvalue weighted by Gasteiger charge is 2.41. The zero-order valence-electron chi connectivity index (χ0n) is 16.6. The van der Waals surface area contributed by atoms with Crippen LogP contribution in [0.5, 0.6) is 0 Å². The molecule has 5 rings (SSSR count). The Morgan fingerprint density at radius 1 is 0.677 bits per heavy atom. The highest BCUT2D eigenvalue weighted by Crippen LogP contribution is 2.25. The van der Waals surface area contributed by atoms with E-state index in [1.54, 1.807) is 0 Å². The molecule has 3 aromatic carbocycles. The minimum atomic E-state index is -0.357. The third kappa shape index (κ3) is 3.57. The van der Waals surface area contributed by atoms with Gasteiger partial charge in [-0.2, -0.15) is 0 Å². The molecule has 7 heteroatoms. The zero-order chi connectivity index (χ0) is 21.2. The molecule has 0 N–H and O–H groups in total. The van der Waals surface area contributed by atoms with Crippen molar-refractivity contribution in [2.24, 2.45) is 0 Å². The first-order chi connectivity index (χ1) is 15.2. The summed E-state index contributed by atoms with van der Waals surface area (Å²) in [5, 5.41) is 11.2. The fourth-order valence-corrected chi connectivity index (χ4v) is 3.63. The van der Waals surface area contributed by atoms with Gasteiger partial charge in [0.1, 0.15) is 11.1 Å². The third-order valence-corrected chi connectivity index (χ3v) is 5.20. The van der Waals surface area contributed by atoms with E-state index in [-0.39, 0.29) is 17.4 Å². The quantitative estimate of drug-likeness (QED) is 0.375. The highest BCUT2D eigenvalue weighted by atomic mass is 16.2. The summed E-state index contributed by atoms with van der Waals surface area (Å²) >= 11 is 0. The minimum Gasteiger partial charge on any atom is -0.267 e. The van der Waals surface area contributed by atoms with Crippen LogP contribution in [0.15, 0.2) is 90.5 Å². The first-order valence-corrected chi connectivity index (χ1v) is 9.94. The maximum absolute atomic E-state index is 13.3. The lowest BCUT2D eigenvalue weighted by molar-refractivity contribution is -0.149. The van der Waals surface area contributed by atoms with Gasteiger partial charge in [0.15, 0.2) is 0 Å². The number of amides is 2. The molecule has 2 heterocycles. The number of fused-ring (bicyclic) bond motifs is 1. The van der Waals surface area contributed by atoms with Gasteiger partial charge in [0.2, 0.25) is 0 Å². The topological polar surface area (TPSA) is 71.3 Å². The second kappa shape index (κ2) is 7.87. The molecule has 0 saturated carbocycles. The Bertz CT molecular complexity index is 1220. The molecule has 0 radical (unpaired) electrons. The molecule has 7 nitrogen and oxygen atoms in total. The molecule has 1 fully saturated rings. The van der Waals surface area contributed by atoms with E-state index in [0.29, 0.717) is 18.6 Å². The van der Waals surface area contributed by atoms with E-state index in [0.717, 1.165) is 16.6 Å². The van der Waals surface area contributed by atoms with E-state index in [4.69, 9.17) is 0 Å². The predicted octanol–water partition coefficient (Wildman–Crippen LogP) is 3.26. The molecule has 1 saturated heterocycles. The molecule has 0 bridgehead atoms. The van der Waals surface area contributed by atoms with Crippen molar-refractivity contribution in [3.8, 4) is 0 Å². The number of nitrogens with zero attached hydrogens (tertiary/aromatic N) is 5. The van der Waals surface area contributed by atoms with Gasteiger partial charge >= 0.3 is 0 Å². The van der Waals surface area contributed by atoms with E-state index in [1.807, 2.05) is 84.9 Å². The number of aromatic nitrogens is 3. The molecule has 31 heavy (non-hydrogen) atoms. The Morgan fingerprint density at radius 2 is 1.19 bits per heavy atom. The number of hydrogen-bond donors (Lipinski definition) is 0. The van der Waals surface area contributed by atoms with Gasteiger partial charge in [-0.05, 0) is 23.3 Å². The molecular weight excluding hydrogens is 390 g/mol. The maximum atomic E-state index is 13.3. The average Bonchev–Trinajstić information content (AvgIpc) is 3.31. The summed E-state index contributed by atoms with van der Waals surface area (Å²) < 4.78 is 1.48. The van der Waals surface area contributed by atoms with Crippen LogP contribution in [-0.2, 0) is 22.7 Å². The monoisotopic (exact) mass is 409 g/mol. The number of para-hydroxylation sites is 1. The first-order valence-electron chi connectivity index (χ1n) is 9.94. The van der Waals surface area contributed by atoms with Crippen LogP contribution in [0, 0.1) is 0 Å². The predicted molar refractivity (Wildman–Crippen MR) is 116 cm³/mol. The van der Waals surface area contributed by atoms with Crippen LogP contribution in [0.3, 0.4) is 0 Å². The van der Waals surface area contributed by atoms with Crippen LogP contribution < -0.4 is 0 Å². The summed E-state index contributed by atoms with van der Waals surface area (Å²) in [6.07, 6.45) is 1.48. The van der Waals surface area contributed by atoms with Gasteiger partial charge in [0.05, 0.1) is 18.6 Å². The summed E-state index contributed by atoms with van der Waals surface area (Å²) in [5.41, 5.74) is 3.36. The number of benzene rings is 3. The van der Waals surface area contributed by atoms with Gasteiger partial charge in [0.25, 0.3) is 11.8 Å². The molecule has 0 aliphatic carbocycles. The lowest BCUT2D eigenvalue weighted by Crippen LogP contribution is -2.39. The van der Waals surface area contributed by atoms with Crippen LogP contribution in [0.1, 0.15) is 11.1 Å². The second-order valence-electron chi connectivity index (χ2n) is 7.26. The van der Waals surface area contributed by atoms with Crippen LogP contribution in [0.2, 0.25) is 0 Å². The molecular formula is C24H19N5O2. The summed E-state index contributed by atoms with van der Waals surface area (Å²) in [6.45, 7) is 0.599. The van der Waals surface area contributed by atoms with Crippen molar-refractivity contribution in [2.75, 3.05) is 0 Å². The Labute approximate surface area is 178 Å². The highest BCUT2D eigenvalue weighted by molar-refractivity contribution is 6.24. The van der Waals surface area contributed by atoms with Crippen LogP contribution in [-0.4, -0.2) is 36.8 Å². The molecule has 4 aromatic rings. The summed E-state index contributed by atoms with van der Waals surface area (Å²) in [6, 6.07) is 26.6. The van der Waals surface area contributed by atoms with E-state index in [2.05, 4.69) is 10.3 Å². The lowest BCUT2D eigenvalue weighted by Gasteiger charge is -2.27. The summed E-state index contributed by atoms with van der Waals surface area (Å²) in [5.74, 6) is -0.714. The Kier molecular flexibility index (Phi) is 4.76. The number of carbonyl (C=O) groups is 2. The Morgan fingerprint density at radius 3 is 1.77 bits per heavy atom. The fraction of sp³-hybridized carbons (Fsp3) is 0.0833. The van der Waals surface area contributed by atoms with Crippen molar-refractivity contribution in [2.45, 2.75) is 13.1 Å². The van der Waals surface area contributed by atoms with Crippen LogP contribution >= 0.6 is 0 Å². The Hall–Kier alpha value is -4.26. The summed E-state index contributed by atoms with van der Waals surface area (Å²) in [4.78, 5) is 26.6. The normalized spacial score (nSPS) is 14.0. The van der Waals surface area contributed by atoms with Gasteiger partial charge in [0, 0.05) is 6.20 Å². The number of hydrazine groups is 1. The smallest absolute Gasteiger partial charge is 0.267 e. The summed E-state index contributed by atoms with van der Waals surface area (Å²) in [7, 11) is 0. The third-order valence-electron chi connectivity index (χ3n) is 5.20. The molecule has 2 amide bonds. The first kappa shape index (κ1) is 18.7. The van der Waals surface area contributed by atoms with Crippen molar-refractivity contribution in [3.63, 3.8) is 0 Å². The van der Waals surface area contributed by atoms with Crippen LogP contribution in [0.4, 0.5) is 0 Å². The second-order valence-corrected chi connectivity index (χ2v) is 7.26. The molecule has 0 atom stereocenters. The van der Waals surface area contributed by atoms with Crippen molar-refractivity contribution in [1.82, 2.24) is 25.0 Å². The van der Waals surface area contributed by atoms with Gasteiger partial charge in [-0.15, -0.1) is 5.10 Å². The SMILES string of the molecule is O=C1C(=Cn2nnc3ccccc32)C(=O)N(Cc2ccccc2)N1Cc1ccccc1. The minimum absolute atomic E-state index is 0.0579. The van der Waals surface area contributed by atoms with Crippen molar-refractivity contribution < 1.29 is 9.59 Å². The Balaban J connectivity index is 1.53.